The van der Waals surface area contributed by atoms with Crippen LogP contribution in [-0.4, -0.2) is 47.8 Å². The van der Waals surface area contributed by atoms with Gasteiger partial charge >= 0.3 is 11.9 Å². The third-order valence-electron chi connectivity index (χ3n) is 1.98. The maximum Gasteiger partial charge on any atom is 0.328 e. The Morgan fingerprint density at radius 3 is 1.73 bits per heavy atom. The van der Waals surface area contributed by atoms with Crippen molar-refractivity contribution in [2.24, 2.45) is 0 Å². The molecule has 7 heteroatoms. The summed E-state index contributed by atoms with van der Waals surface area (Å²) in [6, 6.07) is -2.33. The minimum Gasteiger partial charge on any atom is -0.597 e. The van der Waals surface area contributed by atoms with E-state index < -0.39 is 40.1 Å². The molecule has 15 heavy (non-hydrogen) atoms. The van der Waals surface area contributed by atoms with E-state index in [1.54, 1.807) is 20.8 Å². The number of hydrogen-bond acceptors (Lipinski definition) is 4. The summed E-state index contributed by atoms with van der Waals surface area (Å²) in [6.45, 7) is 5.00. The van der Waals surface area contributed by atoms with Gasteiger partial charge in [0.05, 0.1) is 0 Å². The molecule has 1 fully saturated rings. The van der Waals surface area contributed by atoms with Crippen molar-refractivity contribution in [3.8, 4) is 0 Å². The van der Waals surface area contributed by atoms with Gasteiger partial charge < -0.3 is 14.8 Å². The summed E-state index contributed by atoms with van der Waals surface area (Å²) >= 11 is -1.61. The number of carboxylic acids is 2. The van der Waals surface area contributed by atoms with E-state index in [9.17, 15) is 14.1 Å². The van der Waals surface area contributed by atoms with E-state index in [0.29, 0.717) is 0 Å². The van der Waals surface area contributed by atoms with Gasteiger partial charge in [-0.1, -0.05) is 4.31 Å². The molecule has 0 saturated carbocycles. The first kappa shape index (κ1) is 12.3. The Balaban J connectivity index is 2.80. The molecule has 0 amide bonds. The van der Waals surface area contributed by atoms with E-state index in [2.05, 4.69) is 0 Å². The Morgan fingerprint density at radius 2 is 1.53 bits per heavy atom. The molecule has 1 aliphatic heterocycles. The fourth-order valence-electron chi connectivity index (χ4n) is 1.22. The molecule has 1 rings (SSSR count). The summed E-state index contributed by atoms with van der Waals surface area (Å²) in [6.07, 6.45) is 0. The van der Waals surface area contributed by atoms with Crippen molar-refractivity contribution in [3.05, 3.63) is 0 Å². The van der Waals surface area contributed by atoms with E-state index in [1.807, 2.05) is 0 Å². The van der Waals surface area contributed by atoms with Crippen molar-refractivity contribution >= 4 is 23.3 Å². The minimum atomic E-state index is -1.61. The quantitative estimate of drug-likeness (QED) is 0.513. The lowest BCUT2D eigenvalue weighted by Gasteiger charge is -2.23. The lowest BCUT2D eigenvalue weighted by atomic mass is 10.3. The summed E-state index contributed by atoms with van der Waals surface area (Å²) in [7, 11) is 0. The van der Waals surface area contributed by atoms with Crippen molar-refractivity contribution in [2.75, 3.05) is 0 Å². The summed E-state index contributed by atoms with van der Waals surface area (Å²) in [5, 5.41) is 17.4. The van der Waals surface area contributed by atoms with Crippen molar-refractivity contribution in [1.82, 2.24) is 4.31 Å². The fourth-order valence-corrected chi connectivity index (χ4v) is 2.62. The van der Waals surface area contributed by atoms with Gasteiger partial charge in [0.15, 0.2) is 12.1 Å². The lowest BCUT2D eigenvalue weighted by molar-refractivity contribution is -0.140. The molecule has 0 aromatic rings. The van der Waals surface area contributed by atoms with Gasteiger partial charge in [-0.2, -0.15) is 0 Å². The predicted octanol–water partition coefficient (Wildman–Crippen LogP) is -0.329. The van der Waals surface area contributed by atoms with Crippen LogP contribution in [0.4, 0.5) is 0 Å². The molecule has 0 aromatic carbocycles. The molecule has 0 unspecified atom stereocenters. The van der Waals surface area contributed by atoms with Crippen LogP contribution in [0.5, 0.6) is 0 Å². The zero-order chi connectivity index (χ0) is 12.0. The second-order valence-corrected chi connectivity index (χ2v) is 6.43. The average molecular weight is 235 g/mol. The molecule has 86 valence electrons. The molecular formula is C8H13NO5S. The van der Waals surface area contributed by atoms with Gasteiger partial charge in [-0.05, 0) is 20.8 Å². The summed E-state index contributed by atoms with van der Waals surface area (Å²) in [5.41, 5.74) is 0. The van der Waals surface area contributed by atoms with Gasteiger partial charge in [0.1, 0.15) is 4.75 Å². The lowest BCUT2D eigenvalue weighted by Crippen LogP contribution is -2.36. The zero-order valence-corrected chi connectivity index (χ0v) is 9.45. The van der Waals surface area contributed by atoms with Crippen molar-refractivity contribution in [1.29, 1.82) is 0 Å². The molecular weight excluding hydrogens is 222 g/mol. The number of hydrogen-bond donors (Lipinski definition) is 2. The monoisotopic (exact) mass is 235 g/mol. The SMILES string of the molecule is CC(C)(C)[S@@+]([O-])[N@]1[C@H](C(=O)O)[C@@H]1C(=O)O. The highest BCUT2D eigenvalue weighted by Gasteiger charge is 2.67. The summed E-state index contributed by atoms with van der Waals surface area (Å²) < 4.78 is 12.1. The molecule has 0 bridgehead atoms. The van der Waals surface area contributed by atoms with Gasteiger partial charge in [-0.15, -0.1) is 0 Å². The maximum absolute atomic E-state index is 11.8. The molecule has 1 aliphatic rings. The Hall–Kier alpha value is -0.790. The highest BCUT2D eigenvalue weighted by Crippen LogP contribution is 2.37. The normalized spacial score (nSPS) is 32.1. The maximum atomic E-state index is 11.8. The molecule has 6 nitrogen and oxygen atoms in total. The van der Waals surface area contributed by atoms with E-state index in [-0.39, 0.29) is 0 Å². The van der Waals surface area contributed by atoms with Crippen LogP contribution in [0.1, 0.15) is 20.8 Å². The Labute approximate surface area is 90.2 Å². The fraction of sp³-hybridized carbons (Fsp3) is 0.750. The zero-order valence-electron chi connectivity index (χ0n) is 8.63. The first-order valence-electron chi connectivity index (χ1n) is 4.34. The van der Waals surface area contributed by atoms with E-state index in [1.165, 1.54) is 0 Å². The van der Waals surface area contributed by atoms with Crippen molar-refractivity contribution in [2.45, 2.75) is 37.6 Å². The van der Waals surface area contributed by atoms with E-state index >= 15 is 0 Å². The van der Waals surface area contributed by atoms with Gasteiger partial charge in [0.2, 0.25) is 0 Å². The van der Waals surface area contributed by atoms with Crippen LogP contribution in [-0.2, 0) is 21.0 Å². The average Bonchev–Trinajstić information content (AvgIpc) is 2.74. The molecule has 0 aromatic heterocycles. The largest absolute Gasteiger partial charge is 0.597 e. The Kier molecular flexibility index (Phi) is 2.99. The number of carboxylic acid groups (broad SMARTS) is 2. The van der Waals surface area contributed by atoms with E-state index in [0.717, 1.165) is 4.31 Å². The number of nitrogens with zero attached hydrogens (tertiary/aromatic N) is 1. The second kappa shape index (κ2) is 3.66. The van der Waals surface area contributed by atoms with Crippen LogP contribution in [0.2, 0.25) is 0 Å². The summed E-state index contributed by atoms with van der Waals surface area (Å²) in [5.74, 6) is -2.50. The van der Waals surface area contributed by atoms with Crippen molar-refractivity contribution < 1.29 is 24.4 Å². The van der Waals surface area contributed by atoms with Crippen LogP contribution in [0.25, 0.3) is 0 Å². The first-order chi connectivity index (χ1) is 6.68. The molecule has 1 heterocycles. The summed E-state index contributed by atoms with van der Waals surface area (Å²) in [4.78, 5) is 21.4. The highest BCUT2D eigenvalue weighted by molar-refractivity contribution is 7.90. The second-order valence-electron chi connectivity index (χ2n) is 4.29. The van der Waals surface area contributed by atoms with Crippen LogP contribution in [0, 0.1) is 0 Å². The molecule has 4 atom stereocenters. The molecule has 0 spiro atoms. The minimum absolute atomic E-state index is 0.655. The van der Waals surface area contributed by atoms with Crippen molar-refractivity contribution in [3.63, 3.8) is 0 Å². The van der Waals surface area contributed by atoms with Gasteiger partial charge in [0, 0.05) is 11.4 Å². The Morgan fingerprint density at radius 1 is 1.20 bits per heavy atom. The van der Waals surface area contributed by atoms with Gasteiger partial charge in [0.25, 0.3) is 0 Å². The van der Waals surface area contributed by atoms with Crippen LogP contribution >= 0.6 is 0 Å². The topological polar surface area (TPSA) is 101 Å². The predicted molar refractivity (Wildman–Crippen MR) is 52.6 cm³/mol. The van der Waals surface area contributed by atoms with Gasteiger partial charge in [-0.3, -0.25) is 9.59 Å². The van der Waals surface area contributed by atoms with Crippen LogP contribution in [0.3, 0.4) is 0 Å². The number of aliphatic carboxylic acids is 2. The number of rotatable bonds is 3. The standard InChI is InChI=1S/C8H13NO5S/c1-8(2,3)15(14)9-4(6(10)11)5(9)7(12)13/h4-5H,1-3H3,(H,10,11)(H,12,13)/t4-,5+,9+,15-/m1/s1. The third-order valence-corrected chi connectivity index (χ3v) is 3.86. The third kappa shape index (κ3) is 2.24. The number of carbonyl (C=O) groups is 2. The molecule has 0 aliphatic carbocycles. The first-order valence-corrected chi connectivity index (χ1v) is 5.44. The molecule has 2 N–H and O–H groups in total. The van der Waals surface area contributed by atoms with E-state index in [4.69, 9.17) is 10.2 Å². The highest BCUT2D eigenvalue weighted by atomic mass is 32.2. The van der Waals surface area contributed by atoms with Crippen LogP contribution < -0.4 is 0 Å². The van der Waals surface area contributed by atoms with Crippen LogP contribution in [0.15, 0.2) is 0 Å². The van der Waals surface area contributed by atoms with Gasteiger partial charge in [-0.25, -0.2) is 0 Å². The Bertz CT molecular complexity index is 280. The molecule has 0 radical (unpaired) electrons. The smallest absolute Gasteiger partial charge is 0.328 e. The molecule has 1 saturated heterocycles.